The van der Waals surface area contributed by atoms with Crippen molar-refractivity contribution in [1.82, 2.24) is 0 Å². The van der Waals surface area contributed by atoms with Crippen LogP contribution in [0.4, 0.5) is 0 Å². The number of aryl methyl sites for hydroxylation is 2. The molecule has 0 radical (unpaired) electrons. The molecule has 2 aromatic carbocycles. The van der Waals surface area contributed by atoms with Crippen molar-refractivity contribution in [1.29, 1.82) is 0 Å². The second-order valence-corrected chi connectivity index (χ2v) is 10.1. The van der Waals surface area contributed by atoms with Crippen molar-refractivity contribution in [3.63, 3.8) is 0 Å². The molecule has 1 fully saturated rings. The van der Waals surface area contributed by atoms with Gasteiger partial charge >= 0.3 is 0 Å². The molecule has 2 nitrogen and oxygen atoms in total. The van der Waals surface area contributed by atoms with Crippen molar-refractivity contribution in [3.05, 3.63) is 70.3 Å². The lowest BCUT2D eigenvalue weighted by atomic mass is 9.48. The summed E-state index contributed by atoms with van der Waals surface area (Å²) in [6.07, 6.45) is 6.00. The van der Waals surface area contributed by atoms with Gasteiger partial charge in [0.1, 0.15) is 0 Å². The molecule has 4 rings (SSSR count). The van der Waals surface area contributed by atoms with Crippen LogP contribution < -0.4 is 5.73 Å². The Morgan fingerprint density at radius 1 is 1.14 bits per heavy atom. The predicted molar refractivity (Wildman–Crippen MR) is 120 cm³/mol. The fraction of sp³-hybridized carbons (Fsp3) is 0.519. The lowest BCUT2D eigenvalue weighted by Gasteiger charge is -2.55. The molecule has 2 aliphatic rings. The zero-order valence-corrected chi connectivity index (χ0v) is 18.4. The monoisotopic (exact) mass is 389 g/mol. The lowest BCUT2D eigenvalue weighted by molar-refractivity contribution is -0.137. The number of fused-ring (bicyclic) bond motifs is 3. The Morgan fingerprint density at radius 2 is 1.86 bits per heavy atom. The molecule has 0 aliphatic heterocycles. The quantitative estimate of drug-likeness (QED) is 0.701. The maximum atomic E-state index is 13.0. The van der Waals surface area contributed by atoms with Crippen LogP contribution in [0, 0.1) is 18.3 Å². The van der Waals surface area contributed by atoms with Gasteiger partial charge in [-0.15, -0.1) is 0 Å². The summed E-state index contributed by atoms with van der Waals surface area (Å²) in [4.78, 5) is 13.0. The topological polar surface area (TPSA) is 43.1 Å². The number of hydrogen-bond donors (Lipinski definition) is 1. The van der Waals surface area contributed by atoms with E-state index in [1.807, 2.05) is 0 Å². The van der Waals surface area contributed by atoms with Gasteiger partial charge in [0.25, 0.3) is 0 Å². The molecule has 0 saturated heterocycles. The SMILES string of the molecule is Cc1ccc(C[C@@]2(C(N)=O)CCC[C@]3(C)c4ccc(C(C)C)cc4CC[C@@H]23)cc1. The highest BCUT2D eigenvalue weighted by Gasteiger charge is 2.56. The van der Waals surface area contributed by atoms with Gasteiger partial charge < -0.3 is 5.73 Å². The average molecular weight is 390 g/mol. The maximum absolute atomic E-state index is 13.0. The Balaban J connectivity index is 1.76. The minimum absolute atomic E-state index is 0.0288. The molecule has 1 amide bonds. The highest BCUT2D eigenvalue weighted by Crippen LogP contribution is 2.58. The molecule has 0 unspecified atom stereocenters. The van der Waals surface area contributed by atoms with Crippen molar-refractivity contribution < 1.29 is 4.79 Å². The van der Waals surface area contributed by atoms with Crippen LogP contribution >= 0.6 is 0 Å². The largest absolute Gasteiger partial charge is 0.369 e. The fourth-order valence-electron chi connectivity index (χ4n) is 6.35. The first kappa shape index (κ1) is 20.2. The van der Waals surface area contributed by atoms with E-state index in [0.29, 0.717) is 11.8 Å². The highest BCUT2D eigenvalue weighted by molar-refractivity contribution is 5.82. The Hall–Kier alpha value is -2.09. The minimum atomic E-state index is -0.448. The molecule has 2 heteroatoms. The maximum Gasteiger partial charge on any atom is 0.224 e. The van der Waals surface area contributed by atoms with Crippen LogP contribution in [0.3, 0.4) is 0 Å². The van der Waals surface area contributed by atoms with Crippen molar-refractivity contribution >= 4 is 5.91 Å². The summed E-state index contributed by atoms with van der Waals surface area (Å²) in [6.45, 7) is 9.02. The Labute approximate surface area is 175 Å². The molecular formula is C27H35NO. The summed E-state index contributed by atoms with van der Waals surface area (Å²) in [5.41, 5.74) is 12.6. The van der Waals surface area contributed by atoms with Crippen LogP contribution in [0.2, 0.25) is 0 Å². The van der Waals surface area contributed by atoms with Crippen LogP contribution in [-0.4, -0.2) is 5.91 Å². The molecular weight excluding hydrogens is 354 g/mol. The van der Waals surface area contributed by atoms with Crippen molar-refractivity contribution in [2.24, 2.45) is 17.1 Å². The third-order valence-electron chi connectivity index (χ3n) is 8.00. The van der Waals surface area contributed by atoms with Crippen molar-refractivity contribution in [3.8, 4) is 0 Å². The summed E-state index contributed by atoms with van der Waals surface area (Å²) in [5.74, 6) is 0.750. The molecule has 0 heterocycles. The van der Waals surface area contributed by atoms with Gasteiger partial charge in [-0.3, -0.25) is 4.79 Å². The molecule has 3 atom stereocenters. The van der Waals surface area contributed by atoms with Crippen LogP contribution in [-0.2, 0) is 23.1 Å². The number of hydrogen-bond acceptors (Lipinski definition) is 1. The number of nitrogens with two attached hydrogens (primary N) is 1. The lowest BCUT2D eigenvalue weighted by Crippen LogP contribution is -2.56. The molecule has 2 N–H and O–H groups in total. The van der Waals surface area contributed by atoms with Gasteiger partial charge in [-0.25, -0.2) is 0 Å². The van der Waals surface area contributed by atoms with E-state index in [9.17, 15) is 4.79 Å². The smallest absolute Gasteiger partial charge is 0.224 e. The first-order valence-electron chi connectivity index (χ1n) is 11.2. The second kappa shape index (κ2) is 7.31. The van der Waals surface area contributed by atoms with Crippen molar-refractivity contribution in [2.75, 3.05) is 0 Å². The molecule has 0 spiro atoms. The van der Waals surface area contributed by atoms with Gasteiger partial charge in [0.15, 0.2) is 0 Å². The fourth-order valence-corrected chi connectivity index (χ4v) is 6.35. The highest BCUT2D eigenvalue weighted by atomic mass is 16.1. The molecule has 1 saturated carbocycles. The number of carbonyl (C=O) groups is 1. The van der Waals surface area contributed by atoms with Gasteiger partial charge in [-0.05, 0) is 78.5 Å². The van der Waals surface area contributed by atoms with E-state index in [4.69, 9.17) is 5.73 Å². The van der Waals surface area contributed by atoms with Gasteiger partial charge in [-0.2, -0.15) is 0 Å². The van der Waals surface area contributed by atoms with E-state index in [1.54, 1.807) is 0 Å². The first-order chi connectivity index (χ1) is 13.8. The van der Waals surface area contributed by atoms with E-state index in [-0.39, 0.29) is 11.3 Å². The van der Waals surface area contributed by atoms with E-state index < -0.39 is 5.41 Å². The van der Waals surface area contributed by atoms with E-state index in [0.717, 1.165) is 38.5 Å². The Kier molecular flexibility index (Phi) is 5.09. The zero-order chi connectivity index (χ0) is 20.8. The third kappa shape index (κ3) is 3.31. The van der Waals surface area contributed by atoms with Gasteiger partial charge in [0, 0.05) is 0 Å². The molecule has 0 aromatic heterocycles. The van der Waals surface area contributed by atoms with Crippen LogP contribution in [0.5, 0.6) is 0 Å². The number of carbonyl (C=O) groups excluding carboxylic acids is 1. The van der Waals surface area contributed by atoms with Crippen LogP contribution in [0.25, 0.3) is 0 Å². The predicted octanol–water partition coefficient (Wildman–Crippen LogP) is 5.84. The average Bonchev–Trinajstić information content (AvgIpc) is 2.69. The van der Waals surface area contributed by atoms with Gasteiger partial charge in [0.05, 0.1) is 5.41 Å². The number of amides is 1. The Bertz CT molecular complexity index is 913. The Morgan fingerprint density at radius 3 is 2.52 bits per heavy atom. The standard InChI is InChI=1S/C27H35NO/c1-18(2)21-10-12-23-22(16-21)11-13-24-26(23,4)14-5-15-27(24,25(28)29)17-20-8-6-19(3)7-9-20/h6-10,12,16,18,24H,5,11,13-15,17H2,1-4H3,(H2,28,29)/t24-,26-,27+/m1/s1. The van der Waals surface area contributed by atoms with Crippen molar-refractivity contribution in [2.45, 2.75) is 77.6 Å². The molecule has 154 valence electrons. The molecule has 29 heavy (non-hydrogen) atoms. The summed E-state index contributed by atoms with van der Waals surface area (Å²) in [6, 6.07) is 15.7. The number of benzene rings is 2. The number of rotatable bonds is 4. The molecule has 2 aromatic rings. The molecule has 2 aliphatic carbocycles. The molecule has 0 bridgehead atoms. The third-order valence-corrected chi connectivity index (χ3v) is 8.00. The zero-order valence-electron chi connectivity index (χ0n) is 18.4. The van der Waals surface area contributed by atoms with E-state index in [1.165, 1.54) is 27.8 Å². The second-order valence-electron chi connectivity index (χ2n) is 10.1. The minimum Gasteiger partial charge on any atom is -0.369 e. The normalized spacial score (nSPS) is 28.7. The summed E-state index contributed by atoms with van der Waals surface area (Å²) < 4.78 is 0. The number of primary amides is 1. The first-order valence-corrected chi connectivity index (χ1v) is 11.2. The van der Waals surface area contributed by atoms with Crippen LogP contribution in [0.15, 0.2) is 42.5 Å². The van der Waals surface area contributed by atoms with Gasteiger partial charge in [0.2, 0.25) is 5.91 Å². The van der Waals surface area contributed by atoms with Gasteiger partial charge in [-0.1, -0.05) is 75.2 Å². The van der Waals surface area contributed by atoms with E-state index >= 15 is 0 Å². The summed E-state index contributed by atoms with van der Waals surface area (Å²) in [7, 11) is 0. The summed E-state index contributed by atoms with van der Waals surface area (Å²) >= 11 is 0. The summed E-state index contributed by atoms with van der Waals surface area (Å²) in [5, 5.41) is 0. The van der Waals surface area contributed by atoms with Crippen LogP contribution in [0.1, 0.15) is 80.2 Å². The van der Waals surface area contributed by atoms with E-state index in [2.05, 4.69) is 70.2 Å².